The van der Waals surface area contributed by atoms with E-state index in [9.17, 15) is 0 Å². The first-order chi connectivity index (χ1) is 9.09. The predicted octanol–water partition coefficient (Wildman–Crippen LogP) is 3.69. The summed E-state index contributed by atoms with van der Waals surface area (Å²) in [5.41, 5.74) is 0.501. The van der Waals surface area contributed by atoms with Crippen molar-refractivity contribution in [3.63, 3.8) is 0 Å². The van der Waals surface area contributed by atoms with Crippen molar-refractivity contribution in [2.24, 2.45) is 5.41 Å². The van der Waals surface area contributed by atoms with Crippen LogP contribution in [0.2, 0.25) is 0 Å². The number of aromatic nitrogens is 2. The van der Waals surface area contributed by atoms with Crippen molar-refractivity contribution in [1.29, 1.82) is 0 Å². The molecule has 0 saturated carbocycles. The standard InChI is InChI=1S/C14H23BrN4/c1-4-14(3)6-8-19(9-7-14)13-11(15)12(16-5-2)17-10-18-13/h10H,4-9H2,1-3H3,(H,16,17,18). The van der Waals surface area contributed by atoms with Crippen molar-refractivity contribution in [2.75, 3.05) is 29.9 Å². The molecule has 1 N–H and O–H groups in total. The second-order valence-corrected chi connectivity index (χ2v) is 6.33. The van der Waals surface area contributed by atoms with Crippen molar-refractivity contribution in [3.8, 4) is 0 Å². The van der Waals surface area contributed by atoms with Gasteiger partial charge in [0, 0.05) is 19.6 Å². The lowest BCUT2D eigenvalue weighted by Gasteiger charge is -2.39. The molecular weight excluding hydrogens is 304 g/mol. The van der Waals surface area contributed by atoms with Gasteiger partial charge >= 0.3 is 0 Å². The topological polar surface area (TPSA) is 41.1 Å². The fourth-order valence-electron chi connectivity index (χ4n) is 2.48. The van der Waals surface area contributed by atoms with Crippen molar-refractivity contribution >= 4 is 27.6 Å². The van der Waals surface area contributed by atoms with Crippen LogP contribution in [0.3, 0.4) is 0 Å². The summed E-state index contributed by atoms with van der Waals surface area (Å²) < 4.78 is 0.983. The monoisotopic (exact) mass is 326 g/mol. The van der Waals surface area contributed by atoms with Gasteiger partial charge in [0.05, 0.1) is 0 Å². The van der Waals surface area contributed by atoms with Gasteiger partial charge in [0.25, 0.3) is 0 Å². The summed E-state index contributed by atoms with van der Waals surface area (Å²) in [6, 6.07) is 0. The highest BCUT2D eigenvalue weighted by molar-refractivity contribution is 9.10. The molecule has 1 aliphatic rings. The molecule has 0 atom stereocenters. The first kappa shape index (κ1) is 14.6. The molecule has 1 aliphatic heterocycles. The quantitative estimate of drug-likeness (QED) is 0.916. The first-order valence-electron chi connectivity index (χ1n) is 7.09. The lowest BCUT2D eigenvalue weighted by atomic mass is 9.78. The normalized spacial score (nSPS) is 18.4. The Morgan fingerprint density at radius 3 is 2.58 bits per heavy atom. The Morgan fingerprint density at radius 1 is 1.32 bits per heavy atom. The van der Waals surface area contributed by atoms with Gasteiger partial charge in [-0.25, -0.2) is 9.97 Å². The molecule has 0 unspecified atom stereocenters. The van der Waals surface area contributed by atoms with Crippen molar-refractivity contribution < 1.29 is 0 Å². The predicted molar refractivity (Wildman–Crippen MR) is 83.7 cm³/mol. The van der Waals surface area contributed by atoms with E-state index in [1.165, 1.54) is 19.3 Å². The van der Waals surface area contributed by atoms with Crippen LogP contribution in [-0.2, 0) is 0 Å². The first-order valence-corrected chi connectivity index (χ1v) is 7.88. The smallest absolute Gasteiger partial charge is 0.148 e. The highest BCUT2D eigenvalue weighted by atomic mass is 79.9. The van der Waals surface area contributed by atoms with Crippen LogP contribution >= 0.6 is 15.9 Å². The Hall–Kier alpha value is -0.840. The average Bonchev–Trinajstić information content (AvgIpc) is 2.43. The largest absolute Gasteiger partial charge is 0.369 e. The van der Waals surface area contributed by atoms with E-state index in [0.29, 0.717) is 5.41 Å². The van der Waals surface area contributed by atoms with Crippen LogP contribution in [0.5, 0.6) is 0 Å². The maximum Gasteiger partial charge on any atom is 0.148 e. The number of nitrogens with zero attached hydrogens (tertiary/aromatic N) is 3. The summed E-state index contributed by atoms with van der Waals surface area (Å²) in [7, 11) is 0. The van der Waals surface area contributed by atoms with E-state index in [0.717, 1.165) is 35.7 Å². The molecule has 2 rings (SSSR count). The zero-order valence-electron chi connectivity index (χ0n) is 12.0. The third kappa shape index (κ3) is 3.19. The minimum atomic E-state index is 0.501. The highest BCUT2D eigenvalue weighted by Crippen LogP contribution is 2.37. The molecule has 1 fully saturated rings. The summed E-state index contributed by atoms with van der Waals surface area (Å²) in [6.45, 7) is 9.77. The van der Waals surface area contributed by atoms with Crippen molar-refractivity contribution in [3.05, 3.63) is 10.8 Å². The van der Waals surface area contributed by atoms with Gasteiger partial charge in [0.2, 0.25) is 0 Å². The third-order valence-corrected chi connectivity index (χ3v) is 4.97. The van der Waals surface area contributed by atoms with Gasteiger partial charge in [-0.1, -0.05) is 20.3 Å². The van der Waals surface area contributed by atoms with Gasteiger partial charge < -0.3 is 10.2 Å². The lowest BCUT2D eigenvalue weighted by molar-refractivity contribution is 0.237. The molecule has 1 aromatic heterocycles. The van der Waals surface area contributed by atoms with Crippen molar-refractivity contribution in [2.45, 2.75) is 40.0 Å². The molecule has 0 aliphatic carbocycles. The lowest BCUT2D eigenvalue weighted by Crippen LogP contribution is -2.39. The van der Waals surface area contributed by atoms with Crippen LogP contribution in [0.15, 0.2) is 10.8 Å². The van der Waals surface area contributed by atoms with Gasteiger partial charge in [-0.2, -0.15) is 0 Å². The Kier molecular flexibility index (Phi) is 4.66. The van der Waals surface area contributed by atoms with E-state index in [1.807, 2.05) is 0 Å². The summed E-state index contributed by atoms with van der Waals surface area (Å²) in [6.07, 6.45) is 5.37. The molecule has 4 nitrogen and oxygen atoms in total. The second-order valence-electron chi connectivity index (χ2n) is 5.54. The average molecular weight is 327 g/mol. The minimum absolute atomic E-state index is 0.501. The molecule has 2 heterocycles. The highest BCUT2D eigenvalue weighted by Gasteiger charge is 2.29. The molecule has 0 aromatic carbocycles. The summed E-state index contributed by atoms with van der Waals surface area (Å²) in [5, 5.41) is 3.26. The van der Waals surface area contributed by atoms with E-state index in [2.05, 4.69) is 56.9 Å². The molecule has 5 heteroatoms. The van der Waals surface area contributed by atoms with Crippen LogP contribution in [0.1, 0.15) is 40.0 Å². The van der Waals surface area contributed by atoms with Crippen molar-refractivity contribution in [1.82, 2.24) is 9.97 Å². The van der Waals surface area contributed by atoms with E-state index in [4.69, 9.17) is 0 Å². The van der Waals surface area contributed by atoms with Gasteiger partial charge in [-0.05, 0) is 41.1 Å². The van der Waals surface area contributed by atoms with Gasteiger partial charge in [0.1, 0.15) is 22.4 Å². The fourth-order valence-corrected chi connectivity index (χ4v) is 3.08. The van der Waals surface area contributed by atoms with E-state index >= 15 is 0 Å². The van der Waals surface area contributed by atoms with Crippen LogP contribution in [0, 0.1) is 5.41 Å². The summed E-state index contributed by atoms with van der Waals surface area (Å²) in [5.74, 6) is 1.90. The summed E-state index contributed by atoms with van der Waals surface area (Å²) in [4.78, 5) is 11.1. The molecule has 19 heavy (non-hydrogen) atoms. The molecule has 1 aromatic rings. The van der Waals surface area contributed by atoms with E-state index < -0.39 is 0 Å². The zero-order chi connectivity index (χ0) is 13.9. The maximum absolute atomic E-state index is 4.45. The molecule has 0 radical (unpaired) electrons. The van der Waals surface area contributed by atoms with Gasteiger partial charge in [-0.3, -0.25) is 0 Å². The van der Waals surface area contributed by atoms with Crippen LogP contribution < -0.4 is 10.2 Å². The number of hydrogen-bond acceptors (Lipinski definition) is 4. The SMILES string of the molecule is CCNc1ncnc(N2CCC(C)(CC)CC2)c1Br. The number of piperidine rings is 1. The molecule has 1 saturated heterocycles. The Balaban J connectivity index is 2.13. The van der Waals surface area contributed by atoms with Crippen LogP contribution in [0.25, 0.3) is 0 Å². The molecule has 0 amide bonds. The molecule has 0 spiro atoms. The van der Waals surface area contributed by atoms with E-state index in [-0.39, 0.29) is 0 Å². The number of halogens is 1. The van der Waals surface area contributed by atoms with Crippen LogP contribution in [-0.4, -0.2) is 29.6 Å². The van der Waals surface area contributed by atoms with Gasteiger partial charge in [0.15, 0.2) is 0 Å². The van der Waals surface area contributed by atoms with Crippen LogP contribution in [0.4, 0.5) is 11.6 Å². The zero-order valence-corrected chi connectivity index (χ0v) is 13.6. The number of anilines is 2. The molecule has 0 bridgehead atoms. The molecule has 106 valence electrons. The number of hydrogen-bond donors (Lipinski definition) is 1. The van der Waals surface area contributed by atoms with Gasteiger partial charge in [-0.15, -0.1) is 0 Å². The maximum atomic E-state index is 4.45. The Morgan fingerprint density at radius 2 is 2.00 bits per heavy atom. The fraction of sp³-hybridized carbons (Fsp3) is 0.714. The number of rotatable bonds is 4. The number of nitrogens with one attached hydrogen (secondary N) is 1. The third-order valence-electron chi connectivity index (χ3n) is 4.24. The minimum Gasteiger partial charge on any atom is -0.369 e. The Bertz CT molecular complexity index is 427. The summed E-state index contributed by atoms with van der Waals surface area (Å²) >= 11 is 3.63. The second kappa shape index (κ2) is 6.07. The Labute approximate surface area is 124 Å². The molecular formula is C14H23BrN4. The van der Waals surface area contributed by atoms with E-state index in [1.54, 1.807) is 6.33 Å².